The van der Waals surface area contributed by atoms with E-state index in [9.17, 15) is 9.50 Å². The topological polar surface area (TPSA) is 92.7 Å². The quantitative estimate of drug-likeness (QED) is 0.320. The average Bonchev–Trinajstić information content (AvgIpc) is 3.40. The number of aliphatic hydroxyl groups is 1. The Morgan fingerprint density at radius 1 is 1.00 bits per heavy atom. The van der Waals surface area contributed by atoms with E-state index < -0.39 is 12.4 Å². The lowest BCUT2D eigenvalue weighted by Gasteiger charge is -2.40. The van der Waals surface area contributed by atoms with Gasteiger partial charge in [-0.3, -0.25) is 20.9 Å². The molecule has 6 N–H and O–H groups in total. The summed E-state index contributed by atoms with van der Waals surface area (Å²) in [7, 11) is 0. The molecule has 4 aliphatic rings. The van der Waals surface area contributed by atoms with E-state index in [0.29, 0.717) is 18.8 Å². The molecule has 0 radical (unpaired) electrons. The number of halogens is 1. The number of aliphatic imine (C=N–C) groups is 1. The third-order valence-electron chi connectivity index (χ3n) is 6.72. The highest BCUT2D eigenvalue weighted by molar-refractivity contribution is 5.57. The summed E-state index contributed by atoms with van der Waals surface area (Å²) in [4.78, 5) is 4.23. The van der Waals surface area contributed by atoms with Crippen molar-refractivity contribution < 1.29 is 9.50 Å². The van der Waals surface area contributed by atoms with Crippen LogP contribution in [0.3, 0.4) is 0 Å². The van der Waals surface area contributed by atoms with Gasteiger partial charge in [-0.15, -0.1) is 0 Å². The molecular weight excluding hydrogens is 359 g/mol. The molecule has 5 atom stereocenters. The highest BCUT2D eigenvalue weighted by atomic mass is 19.1. The maximum Gasteiger partial charge on any atom is 0.107 e. The first-order chi connectivity index (χ1) is 13.7. The molecule has 28 heavy (non-hydrogen) atoms. The number of hydrogen-bond acceptors (Lipinski definition) is 7. The molecule has 4 rings (SSSR count). The van der Waals surface area contributed by atoms with Gasteiger partial charge in [0.15, 0.2) is 0 Å². The Balaban J connectivity index is 1.28. The fourth-order valence-electron chi connectivity index (χ4n) is 4.70. The second-order valence-corrected chi connectivity index (χ2v) is 9.21. The number of hydrogen-bond donors (Lipinski definition) is 6. The van der Waals surface area contributed by atoms with Gasteiger partial charge in [0.05, 0.1) is 31.4 Å². The highest BCUT2D eigenvalue weighted by Crippen LogP contribution is 2.29. The van der Waals surface area contributed by atoms with E-state index in [1.54, 1.807) is 6.34 Å². The lowest BCUT2D eigenvalue weighted by atomic mass is 9.87. The third kappa shape index (κ3) is 6.10. The van der Waals surface area contributed by atoms with Gasteiger partial charge in [-0.25, -0.2) is 4.39 Å². The SMILES string of the molecule is OC(NCC1CC1)C1CC(NCC2CCC(F)CC2)N[C@H](NC2CN=CN2)C1. The zero-order valence-electron chi connectivity index (χ0n) is 16.7. The molecule has 2 aliphatic carbocycles. The fraction of sp³-hybridized carbons (Fsp3) is 0.950. The van der Waals surface area contributed by atoms with Crippen molar-refractivity contribution in [1.29, 1.82) is 0 Å². The molecule has 7 nitrogen and oxygen atoms in total. The van der Waals surface area contributed by atoms with Gasteiger partial charge < -0.3 is 15.7 Å². The summed E-state index contributed by atoms with van der Waals surface area (Å²) in [6.07, 6.45) is 8.80. The number of nitrogens with one attached hydrogen (secondary N) is 5. The summed E-state index contributed by atoms with van der Waals surface area (Å²) in [6.45, 7) is 2.57. The van der Waals surface area contributed by atoms with Gasteiger partial charge >= 0.3 is 0 Å². The molecule has 0 aromatic heterocycles. The third-order valence-corrected chi connectivity index (χ3v) is 6.72. The van der Waals surface area contributed by atoms with Crippen LogP contribution < -0.4 is 26.6 Å². The van der Waals surface area contributed by atoms with Crippen molar-refractivity contribution >= 4 is 6.34 Å². The lowest BCUT2D eigenvalue weighted by Crippen LogP contribution is -2.63. The van der Waals surface area contributed by atoms with Crippen LogP contribution >= 0.6 is 0 Å². The van der Waals surface area contributed by atoms with Crippen molar-refractivity contribution in [3.05, 3.63) is 0 Å². The summed E-state index contributed by atoms with van der Waals surface area (Å²) >= 11 is 0. The maximum atomic E-state index is 13.4. The zero-order valence-corrected chi connectivity index (χ0v) is 16.7. The molecule has 0 aromatic rings. The summed E-state index contributed by atoms with van der Waals surface area (Å²) in [6, 6.07) is 0. The predicted octanol–water partition coefficient (Wildman–Crippen LogP) is 0.621. The van der Waals surface area contributed by atoms with Crippen molar-refractivity contribution in [2.24, 2.45) is 22.7 Å². The zero-order chi connectivity index (χ0) is 19.3. The monoisotopic (exact) mass is 396 g/mol. The first-order valence-corrected chi connectivity index (χ1v) is 11.2. The number of piperidine rings is 1. The molecule has 8 heteroatoms. The first kappa shape index (κ1) is 20.5. The van der Waals surface area contributed by atoms with E-state index >= 15 is 0 Å². The molecular formula is C20H37FN6O. The van der Waals surface area contributed by atoms with E-state index in [0.717, 1.165) is 51.2 Å². The largest absolute Gasteiger partial charge is 0.378 e. The average molecular weight is 397 g/mol. The summed E-state index contributed by atoms with van der Waals surface area (Å²) in [5, 5.41) is 28.2. The van der Waals surface area contributed by atoms with Gasteiger partial charge in [0.25, 0.3) is 0 Å². The molecule has 0 aromatic carbocycles. The van der Waals surface area contributed by atoms with Gasteiger partial charge in [0, 0.05) is 12.5 Å². The summed E-state index contributed by atoms with van der Waals surface area (Å²) in [5.74, 6) is 1.51. The molecule has 2 saturated carbocycles. The Morgan fingerprint density at radius 3 is 2.43 bits per heavy atom. The van der Waals surface area contributed by atoms with E-state index in [2.05, 4.69) is 31.6 Å². The van der Waals surface area contributed by atoms with Crippen molar-refractivity contribution in [1.82, 2.24) is 26.6 Å². The fourth-order valence-corrected chi connectivity index (χ4v) is 4.70. The molecule has 4 unspecified atom stereocenters. The minimum Gasteiger partial charge on any atom is -0.378 e. The van der Waals surface area contributed by atoms with Crippen LogP contribution in [0.4, 0.5) is 4.39 Å². The molecule has 2 aliphatic heterocycles. The van der Waals surface area contributed by atoms with Crippen molar-refractivity contribution in [2.75, 3.05) is 19.6 Å². The van der Waals surface area contributed by atoms with Crippen LogP contribution in [0.5, 0.6) is 0 Å². The number of alkyl halides is 1. The Kier molecular flexibility index (Phi) is 7.17. The minimum atomic E-state index is -0.601. The van der Waals surface area contributed by atoms with Crippen LogP contribution in [0.1, 0.15) is 51.4 Å². The van der Waals surface area contributed by atoms with Crippen LogP contribution in [0.25, 0.3) is 0 Å². The van der Waals surface area contributed by atoms with E-state index in [4.69, 9.17) is 0 Å². The number of rotatable bonds is 9. The van der Waals surface area contributed by atoms with Crippen LogP contribution in [-0.4, -0.2) is 62.0 Å². The Hall–Kier alpha value is -0.800. The first-order valence-electron chi connectivity index (χ1n) is 11.2. The second kappa shape index (κ2) is 9.80. The van der Waals surface area contributed by atoms with Crippen LogP contribution in [0.15, 0.2) is 4.99 Å². The van der Waals surface area contributed by atoms with E-state index in [1.165, 1.54) is 12.8 Å². The molecule has 160 valence electrons. The lowest BCUT2D eigenvalue weighted by molar-refractivity contribution is 0.0270. The normalized spacial score (nSPS) is 39.6. The molecule has 0 amide bonds. The Morgan fingerprint density at radius 2 is 1.71 bits per heavy atom. The summed E-state index contributed by atoms with van der Waals surface area (Å²) < 4.78 is 13.4. The molecule has 2 heterocycles. The Labute approximate surface area is 167 Å². The smallest absolute Gasteiger partial charge is 0.107 e. The number of nitrogens with zero attached hydrogens (tertiary/aromatic N) is 1. The molecule has 1 saturated heterocycles. The number of aliphatic hydroxyl groups excluding tert-OH is 1. The van der Waals surface area contributed by atoms with Crippen LogP contribution in [-0.2, 0) is 0 Å². The maximum absolute atomic E-state index is 13.4. The van der Waals surface area contributed by atoms with Crippen LogP contribution in [0, 0.1) is 17.8 Å². The predicted molar refractivity (Wildman–Crippen MR) is 108 cm³/mol. The Bertz CT molecular complexity index is 503. The molecule has 0 spiro atoms. The van der Waals surface area contributed by atoms with Gasteiger partial charge in [0.1, 0.15) is 12.4 Å². The standard InChI is InChI=1S/C20H37FN6O/c21-16-5-3-14(4-6-16)9-23-17-7-15(20(28)24-10-13-1-2-13)8-18(26-17)27-19-11-22-12-25-19/h12-20,23-24,26-28H,1-11H2,(H,22,25)/t14?,15?,16?,17?,18-,19?,20?/m1/s1. The van der Waals surface area contributed by atoms with Gasteiger partial charge in [-0.1, -0.05) is 0 Å². The van der Waals surface area contributed by atoms with Crippen LogP contribution in [0.2, 0.25) is 0 Å². The molecule has 3 fully saturated rings. The summed E-state index contributed by atoms with van der Waals surface area (Å²) in [5.41, 5.74) is 0. The second-order valence-electron chi connectivity index (χ2n) is 9.21. The van der Waals surface area contributed by atoms with Crippen molar-refractivity contribution in [2.45, 2.75) is 82.3 Å². The van der Waals surface area contributed by atoms with Crippen molar-refractivity contribution in [3.8, 4) is 0 Å². The van der Waals surface area contributed by atoms with E-state index in [-0.39, 0.29) is 24.4 Å². The van der Waals surface area contributed by atoms with Gasteiger partial charge in [-0.2, -0.15) is 0 Å². The van der Waals surface area contributed by atoms with Gasteiger partial charge in [-0.05, 0) is 69.7 Å². The molecule has 0 bridgehead atoms. The van der Waals surface area contributed by atoms with Gasteiger partial charge in [0.2, 0.25) is 0 Å². The highest BCUT2D eigenvalue weighted by Gasteiger charge is 2.34. The van der Waals surface area contributed by atoms with Crippen molar-refractivity contribution in [3.63, 3.8) is 0 Å². The minimum absolute atomic E-state index is 0.120. The van der Waals surface area contributed by atoms with E-state index in [1.807, 2.05) is 0 Å².